The Hall–Kier alpha value is -1.64. The van der Waals surface area contributed by atoms with Gasteiger partial charge in [-0.3, -0.25) is 0 Å². The number of rotatable bonds is 3. The summed E-state index contributed by atoms with van der Waals surface area (Å²) in [6.07, 6.45) is 1.71. The Morgan fingerprint density at radius 3 is 3.00 bits per heavy atom. The number of anilines is 2. The topological polar surface area (TPSA) is 58.3 Å². The highest BCUT2D eigenvalue weighted by Gasteiger charge is 1.98. The first-order chi connectivity index (χ1) is 5.74. The molecule has 0 fully saturated rings. The van der Waals surface area contributed by atoms with Crippen LogP contribution in [-0.2, 0) is 0 Å². The molecule has 1 rings (SSSR count). The number of phenolic OH excluding ortho intramolecular Hbond substituents is 1. The molecule has 0 aromatic heterocycles. The number of aromatic hydroxyl groups is 1. The highest BCUT2D eigenvalue weighted by Crippen LogP contribution is 2.24. The smallest absolute Gasteiger partial charge is 0.138 e. The van der Waals surface area contributed by atoms with Crippen molar-refractivity contribution in [2.75, 3.05) is 17.6 Å². The van der Waals surface area contributed by atoms with E-state index < -0.39 is 0 Å². The average molecular weight is 164 g/mol. The van der Waals surface area contributed by atoms with Crippen LogP contribution in [0.15, 0.2) is 30.9 Å². The van der Waals surface area contributed by atoms with Gasteiger partial charge in [0.1, 0.15) is 5.75 Å². The molecule has 0 aliphatic carbocycles. The van der Waals surface area contributed by atoms with E-state index in [1.54, 1.807) is 24.3 Å². The molecule has 3 heteroatoms. The van der Waals surface area contributed by atoms with Crippen LogP contribution in [0.3, 0.4) is 0 Å². The van der Waals surface area contributed by atoms with Gasteiger partial charge in [0.15, 0.2) is 0 Å². The van der Waals surface area contributed by atoms with Crippen molar-refractivity contribution < 1.29 is 5.11 Å². The molecule has 4 N–H and O–H groups in total. The molecule has 0 aliphatic heterocycles. The van der Waals surface area contributed by atoms with Gasteiger partial charge in [-0.25, -0.2) is 0 Å². The maximum Gasteiger partial charge on any atom is 0.138 e. The van der Waals surface area contributed by atoms with Crippen LogP contribution in [0.4, 0.5) is 11.4 Å². The predicted molar refractivity (Wildman–Crippen MR) is 51.2 cm³/mol. The molecule has 0 bridgehead atoms. The molecule has 0 unspecified atom stereocenters. The molecule has 3 nitrogen and oxygen atoms in total. The van der Waals surface area contributed by atoms with Crippen LogP contribution in [-0.4, -0.2) is 11.7 Å². The number of benzene rings is 1. The normalized spacial score (nSPS) is 9.33. The van der Waals surface area contributed by atoms with Crippen LogP contribution in [0, 0.1) is 0 Å². The van der Waals surface area contributed by atoms with Crippen molar-refractivity contribution in [3.63, 3.8) is 0 Å². The van der Waals surface area contributed by atoms with Crippen molar-refractivity contribution in [1.29, 1.82) is 0 Å². The summed E-state index contributed by atoms with van der Waals surface area (Å²) in [6.45, 7) is 4.16. The molecule has 0 radical (unpaired) electrons. The highest BCUT2D eigenvalue weighted by molar-refractivity contribution is 5.62. The summed E-state index contributed by atoms with van der Waals surface area (Å²) in [4.78, 5) is 0. The first kappa shape index (κ1) is 8.46. The first-order valence-corrected chi connectivity index (χ1v) is 3.67. The standard InChI is InChI=1S/C9H12N2O/c1-2-5-11-8-6-7(10)3-4-9(8)12/h2-4,6,11-12H,1,5,10H2. The summed E-state index contributed by atoms with van der Waals surface area (Å²) in [5, 5.41) is 12.3. The van der Waals surface area contributed by atoms with Gasteiger partial charge in [0.05, 0.1) is 5.69 Å². The van der Waals surface area contributed by atoms with Gasteiger partial charge in [0.2, 0.25) is 0 Å². The fourth-order valence-electron chi connectivity index (χ4n) is 0.877. The summed E-state index contributed by atoms with van der Waals surface area (Å²) in [6, 6.07) is 4.88. The van der Waals surface area contributed by atoms with Gasteiger partial charge >= 0.3 is 0 Å². The van der Waals surface area contributed by atoms with E-state index in [4.69, 9.17) is 5.73 Å². The molecular formula is C9H12N2O. The Morgan fingerprint density at radius 1 is 1.58 bits per heavy atom. The number of nitrogen functional groups attached to an aromatic ring is 1. The van der Waals surface area contributed by atoms with Crippen molar-refractivity contribution in [2.24, 2.45) is 0 Å². The molecule has 12 heavy (non-hydrogen) atoms. The van der Waals surface area contributed by atoms with Gasteiger partial charge in [-0.15, -0.1) is 6.58 Å². The lowest BCUT2D eigenvalue weighted by atomic mass is 10.2. The maximum absolute atomic E-state index is 9.31. The van der Waals surface area contributed by atoms with E-state index in [2.05, 4.69) is 11.9 Å². The third kappa shape index (κ3) is 1.92. The third-order valence-electron chi connectivity index (χ3n) is 1.46. The van der Waals surface area contributed by atoms with E-state index in [9.17, 15) is 5.11 Å². The zero-order valence-corrected chi connectivity index (χ0v) is 6.75. The second kappa shape index (κ2) is 3.67. The molecular weight excluding hydrogens is 152 g/mol. The molecule has 0 saturated carbocycles. The number of phenols is 1. The second-order valence-corrected chi connectivity index (χ2v) is 2.45. The van der Waals surface area contributed by atoms with E-state index >= 15 is 0 Å². The quantitative estimate of drug-likeness (QED) is 0.275. The fraction of sp³-hybridized carbons (Fsp3) is 0.111. The molecule has 64 valence electrons. The Kier molecular flexibility index (Phi) is 2.58. The van der Waals surface area contributed by atoms with Gasteiger partial charge in [-0.1, -0.05) is 6.08 Å². The number of nitrogens with two attached hydrogens (primary N) is 1. The van der Waals surface area contributed by atoms with Crippen molar-refractivity contribution in [2.45, 2.75) is 0 Å². The number of hydrogen-bond donors (Lipinski definition) is 3. The lowest BCUT2D eigenvalue weighted by Gasteiger charge is -2.06. The van der Waals surface area contributed by atoms with Gasteiger partial charge in [-0.2, -0.15) is 0 Å². The first-order valence-electron chi connectivity index (χ1n) is 3.67. The summed E-state index contributed by atoms with van der Waals surface area (Å²) >= 11 is 0. The Labute approximate surface area is 71.5 Å². The predicted octanol–water partition coefficient (Wildman–Crippen LogP) is 1.57. The van der Waals surface area contributed by atoms with Gasteiger partial charge in [0, 0.05) is 12.2 Å². The molecule has 1 aromatic carbocycles. The van der Waals surface area contributed by atoms with Crippen LogP contribution in [0.2, 0.25) is 0 Å². The van der Waals surface area contributed by atoms with Gasteiger partial charge in [-0.05, 0) is 18.2 Å². The summed E-state index contributed by atoms with van der Waals surface area (Å²) < 4.78 is 0. The minimum absolute atomic E-state index is 0.200. The summed E-state index contributed by atoms with van der Waals surface area (Å²) in [5.74, 6) is 0.200. The Morgan fingerprint density at radius 2 is 2.33 bits per heavy atom. The van der Waals surface area contributed by atoms with Crippen LogP contribution < -0.4 is 11.1 Å². The van der Waals surface area contributed by atoms with Crippen LogP contribution >= 0.6 is 0 Å². The van der Waals surface area contributed by atoms with Crippen LogP contribution in [0.5, 0.6) is 5.75 Å². The zero-order chi connectivity index (χ0) is 8.97. The Balaban J connectivity index is 2.82. The van der Waals surface area contributed by atoms with E-state index in [0.717, 1.165) is 0 Å². The largest absolute Gasteiger partial charge is 0.506 e. The zero-order valence-electron chi connectivity index (χ0n) is 6.75. The van der Waals surface area contributed by atoms with E-state index in [1.165, 1.54) is 0 Å². The van der Waals surface area contributed by atoms with E-state index in [-0.39, 0.29) is 5.75 Å². The second-order valence-electron chi connectivity index (χ2n) is 2.45. The summed E-state index contributed by atoms with van der Waals surface area (Å²) in [7, 11) is 0. The van der Waals surface area contributed by atoms with Crippen molar-refractivity contribution >= 4 is 11.4 Å². The Bertz CT molecular complexity index is 284. The molecule has 0 heterocycles. The molecule has 1 aromatic rings. The van der Waals surface area contributed by atoms with Crippen molar-refractivity contribution in [1.82, 2.24) is 0 Å². The maximum atomic E-state index is 9.31. The molecule has 0 spiro atoms. The minimum Gasteiger partial charge on any atom is -0.506 e. The molecule has 0 saturated heterocycles. The van der Waals surface area contributed by atoms with Gasteiger partial charge in [0.25, 0.3) is 0 Å². The number of nitrogens with one attached hydrogen (secondary N) is 1. The molecule has 0 atom stereocenters. The highest BCUT2D eigenvalue weighted by atomic mass is 16.3. The minimum atomic E-state index is 0.200. The van der Waals surface area contributed by atoms with Crippen LogP contribution in [0.1, 0.15) is 0 Å². The molecule has 0 aliphatic rings. The SMILES string of the molecule is C=CCNc1cc(N)ccc1O. The lowest BCUT2D eigenvalue weighted by molar-refractivity contribution is 0.477. The fourth-order valence-corrected chi connectivity index (χ4v) is 0.877. The summed E-state index contributed by atoms with van der Waals surface area (Å²) in [5.41, 5.74) is 6.78. The van der Waals surface area contributed by atoms with Gasteiger partial charge < -0.3 is 16.2 Å². The lowest BCUT2D eigenvalue weighted by Crippen LogP contribution is -1.98. The third-order valence-corrected chi connectivity index (χ3v) is 1.46. The van der Waals surface area contributed by atoms with E-state index in [0.29, 0.717) is 17.9 Å². The molecule has 0 amide bonds. The monoisotopic (exact) mass is 164 g/mol. The van der Waals surface area contributed by atoms with Crippen molar-refractivity contribution in [3.05, 3.63) is 30.9 Å². The average Bonchev–Trinajstić information content (AvgIpc) is 2.07. The van der Waals surface area contributed by atoms with Crippen molar-refractivity contribution in [3.8, 4) is 5.75 Å². The number of hydrogen-bond acceptors (Lipinski definition) is 3. The van der Waals surface area contributed by atoms with Crippen LogP contribution in [0.25, 0.3) is 0 Å². The van der Waals surface area contributed by atoms with E-state index in [1.807, 2.05) is 0 Å².